The van der Waals surface area contributed by atoms with Gasteiger partial charge in [-0.2, -0.15) is 0 Å². The second kappa shape index (κ2) is 7.96. The second-order valence-corrected chi connectivity index (χ2v) is 7.12. The number of benzene rings is 1. The maximum atomic E-state index is 12.8. The topological polar surface area (TPSA) is 71.6 Å². The molecule has 0 fully saturated rings. The summed E-state index contributed by atoms with van der Waals surface area (Å²) in [7, 11) is 5.55. The molecule has 0 aliphatic heterocycles. The summed E-state index contributed by atoms with van der Waals surface area (Å²) in [6.07, 6.45) is 1.15. The van der Waals surface area contributed by atoms with E-state index in [9.17, 15) is 9.59 Å². The summed E-state index contributed by atoms with van der Waals surface area (Å²) >= 11 is 0. The Labute approximate surface area is 159 Å². The van der Waals surface area contributed by atoms with E-state index < -0.39 is 5.97 Å². The number of hydrogen-bond acceptors (Lipinski definition) is 5. The van der Waals surface area contributed by atoms with Crippen molar-refractivity contribution in [3.05, 3.63) is 52.3 Å². The number of ether oxygens (including phenoxy) is 2. The van der Waals surface area contributed by atoms with Crippen LogP contribution in [-0.2, 0) is 15.9 Å². The highest BCUT2D eigenvalue weighted by atomic mass is 16.6. The van der Waals surface area contributed by atoms with Crippen LogP contribution < -0.4 is 4.90 Å². The molecule has 6 nitrogen and oxygen atoms in total. The number of Topliss-reactive ketones (excluding diaryl/α,β-unsaturated/α-hetero) is 1. The molecule has 1 atom stereocenters. The minimum atomic E-state index is -0.446. The van der Waals surface area contributed by atoms with Crippen LogP contribution in [0.25, 0.3) is 0 Å². The number of ketones is 1. The molecule has 1 aromatic carbocycles. The van der Waals surface area contributed by atoms with Crippen molar-refractivity contribution >= 4 is 17.4 Å². The van der Waals surface area contributed by atoms with Gasteiger partial charge in [0.1, 0.15) is 12.3 Å². The third-order valence-electron chi connectivity index (χ3n) is 5.09. The van der Waals surface area contributed by atoms with Gasteiger partial charge < -0.3 is 19.4 Å². The summed E-state index contributed by atoms with van der Waals surface area (Å²) in [5.41, 5.74) is 4.78. The number of esters is 1. The molecule has 144 valence electrons. The molecular formula is C21H26N2O4. The number of fused-ring (bicyclic) bond motifs is 1. The summed E-state index contributed by atoms with van der Waals surface area (Å²) in [6.45, 7) is 2.33. The van der Waals surface area contributed by atoms with Crippen LogP contribution in [0.5, 0.6) is 0 Å². The smallest absolute Gasteiger partial charge is 0.355 e. The number of carbonyl (C=O) groups excluding carboxylic acids is 2. The summed E-state index contributed by atoms with van der Waals surface area (Å²) in [5.74, 6) is -0.266. The van der Waals surface area contributed by atoms with Crippen LogP contribution in [-0.4, -0.2) is 51.2 Å². The van der Waals surface area contributed by atoms with E-state index in [2.05, 4.69) is 29.2 Å². The van der Waals surface area contributed by atoms with Crippen molar-refractivity contribution in [2.24, 2.45) is 0 Å². The Kier molecular flexibility index (Phi) is 5.65. The largest absolute Gasteiger partial charge is 0.459 e. The first-order chi connectivity index (χ1) is 12.9. The zero-order chi connectivity index (χ0) is 19.6. The Bertz CT molecular complexity index is 837. The van der Waals surface area contributed by atoms with Crippen LogP contribution in [0, 0.1) is 6.92 Å². The third-order valence-corrected chi connectivity index (χ3v) is 5.09. The Morgan fingerprint density at radius 1 is 1.19 bits per heavy atom. The fourth-order valence-corrected chi connectivity index (χ4v) is 3.61. The molecule has 0 saturated carbocycles. The lowest BCUT2D eigenvalue weighted by Crippen LogP contribution is -2.18. The lowest BCUT2D eigenvalue weighted by atomic mass is 9.81. The van der Waals surface area contributed by atoms with Gasteiger partial charge in [0.25, 0.3) is 0 Å². The first kappa shape index (κ1) is 19.2. The van der Waals surface area contributed by atoms with Crippen LogP contribution in [0.15, 0.2) is 24.3 Å². The second-order valence-electron chi connectivity index (χ2n) is 7.12. The standard InChI is InChI=1S/C21H26N2O4/c1-13-19-17(22-20(13)21(25)27-10-9-26-4)11-15(12-18(19)24)14-5-7-16(8-6-14)23(2)3/h5-8,15,22H,9-12H2,1-4H3. The number of carbonyl (C=O) groups is 2. The van der Waals surface area contributed by atoms with Crippen LogP contribution >= 0.6 is 0 Å². The number of H-pyrrole nitrogens is 1. The SMILES string of the molecule is COCCOC(=O)c1[nH]c2c(c1C)C(=O)CC(c1ccc(N(C)C)cc1)C2. The zero-order valence-corrected chi connectivity index (χ0v) is 16.3. The van der Waals surface area contributed by atoms with Gasteiger partial charge in [-0.1, -0.05) is 12.1 Å². The summed E-state index contributed by atoms with van der Waals surface area (Å²) in [6, 6.07) is 8.28. The van der Waals surface area contributed by atoms with Gasteiger partial charge in [0.2, 0.25) is 0 Å². The summed E-state index contributed by atoms with van der Waals surface area (Å²) in [4.78, 5) is 30.2. The van der Waals surface area contributed by atoms with Crippen molar-refractivity contribution in [3.8, 4) is 0 Å². The molecule has 1 N–H and O–H groups in total. The van der Waals surface area contributed by atoms with E-state index in [1.165, 1.54) is 0 Å². The van der Waals surface area contributed by atoms with Gasteiger partial charge in [0, 0.05) is 44.6 Å². The summed E-state index contributed by atoms with van der Waals surface area (Å²) in [5, 5.41) is 0. The predicted octanol–water partition coefficient (Wildman–Crippen LogP) is 3.11. The fraction of sp³-hybridized carbons (Fsp3) is 0.429. The molecule has 0 bridgehead atoms. The highest BCUT2D eigenvalue weighted by molar-refractivity contribution is 6.03. The number of aromatic amines is 1. The number of methoxy groups -OCH3 is 1. The average Bonchev–Trinajstić information content (AvgIpc) is 2.99. The van der Waals surface area contributed by atoms with Gasteiger partial charge >= 0.3 is 5.97 Å². The van der Waals surface area contributed by atoms with Crippen LogP contribution in [0.4, 0.5) is 5.69 Å². The van der Waals surface area contributed by atoms with Crippen molar-refractivity contribution < 1.29 is 19.1 Å². The molecule has 0 amide bonds. The number of nitrogens with zero attached hydrogens (tertiary/aromatic N) is 1. The zero-order valence-electron chi connectivity index (χ0n) is 16.3. The van der Waals surface area contributed by atoms with Gasteiger partial charge in [-0.3, -0.25) is 4.79 Å². The summed E-state index contributed by atoms with van der Waals surface area (Å²) < 4.78 is 10.1. The van der Waals surface area contributed by atoms with Gasteiger partial charge in [0.15, 0.2) is 5.78 Å². The molecule has 1 heterocycles. The maximum absolute atomic E-state index is 12.8. The lowest BCUT2D eigenvalue weighted by molar-refractivity contribution is 0.0381. The Hall–Kier alpha value is -2.60. The van der Waals surface area contributed by atoms with Crippen molar-refractivity contribution in [3.63, 3.8) is 0 Å². The Morgan fingerprint density at radius 3 is 2.52 bits per heavy atom. The van der Waals surface area contributed by atoms with Crippen LogP contribution in [0.1, 0.15) is 50.0 Å². The predicted molar refractivity (Wildman–Crippen MR) is 104 cm³/mol. The van der Waals surface area contributed by atoms with E-state index in [4.69, 9.17) is 9.47 Å². The molecular weight excluding hydrogens is 344 g/mol. The van der Waals surface area contributed by atoms with Crippen molar-refractivity contribution in [1.29, 1.82) is 0 Å². The molecule has 27 heavy (non-hydrogen) atoms. The van der Waals surface area contributed by atoms with Gasteiger partial charge in [0.05, 0.1) is 6.61 Å². The third kappa shape index (κ3) is 3.90. The molecule has 0 saturated heterocycles. The quantitative estimate of drug-likeness (QED) is 0.625. The maximum Gasteiger partial charge on any atom is 0.355 e. The number of anilines is 1. The van der Waals surface area contributed by atoms with Crippen LogP contribution in [0.3, 0.4) is 0 Å². The normalized spacial score (nSPS) is 16.1. The van der Waals surface area contributed by atoms with E-state index in [-0.39, 0.29) is 18.3 Å². The first-order valence-corrected chi connectivity index (χ1v) is 9.10. The monoisotopic (exact) mass is 370 g/mol. The lowest BCUT2D eigenvalue weighted by Gasteiger charge is -2.23. The number of nitrogens with one attached hydrogen (secondary N) is 1. The van der Waals surface area contributed by atoms with Crippen LogP contribution in [0.2, 0.25) is 0 Å². The molecule has 1 aliphatic carbocycles. The van der Waals surface area contributed by atoms with E-state index in [1.54, 1.807) is 14.0 Å². The Morgan fingerprint density at radius 2 is 1.89 bits per heavy atom. The highest BCUT2D eigenvalue weighted by Gasteiger charge is 2.32. The first-order valence-electron chi connectivity index (χ1n) is 9.10. The molecule has 3 rings (SSSR count). The van der Waals surface area contributed by atoms with Gasteiger partial charge in [-0.05, 0) is 42.5 Å². The molecule has 0 spiro atoms. The molecule has 0 radical (unpaired) electrons. The highest BCUT2D eigenvalue weighted by Crippen LogP contribution is 2.35. The van der Waals surface area contributed by atoms with E-state index >= 15 is 0 Å². The number of aromatic nitrogens is 1. The number of rotatable bonds is 6. The van der Waals surface area contributed by atoms with E-state index in [0.29, 0.717) is 36.3 Å². The average molecular weight is 370 g/mol. The minimum absolute atomic E-state index is 0.0719. The van der Waals surface area contributed by atoms with Crippen molar-refractivity contribution in [2.45, 2.75) is 25.7 Å². The number of hydrogen-bond donors (Lipinski definition) is 1. The fourth-order valence-electron chi connectivity index (χ4n) is 3.61. The van der Waals surface area contributed by atoms with Gasteiger partial charge in [-0.15, -0.1) is 0 Å². The molecule has 1 aromatic heterocycles. The minimum Gasteiger partial charge on any atom is -0.459 e. The van der Waals surface area contributed by atoms with E-state index in [1.807, 2.05) is 19.0 Å². The van der Waals surface area contributed by atoms with Gasteiger partial charge in [-0.25, -0.2) is 4.79 Å². The molecule has 6 heteroatoms. The van der Waals surface area contributed by atoms with E-state index in [0.717, 1.165) is 16.9 Å². The van der Waals surface area contributed by atoms with Crippen molar-refractivity contribution in [1.82, 2.24) is 4.98 Å². The molecule has 2 aromatic rings. The Balaban J connectivity index is 1.81. The molecule has 1 aliphatic rings. The van der Waals surface area contributed by atoms with Crippen molar-refractivity contribution in [2.75, 3.05) is 39.3 Å². The molecule has 1 unspecified atom stereocenters.